The molecule has 0 unspecified atom stereocenters. The predicted molar refractivity (Wildman–Crippen MR) is 18.7 cm³/mol. The molecule has 0 spiro atoms. The molecule has 0 heterocycles. The van der Waals surface area contributed by atoms with Gasteiger partial charge in [-0.05, 0) is 0 Å². The van der Waals surface area contributed by atoms with E-state index in [1.165, 1.54) is 4.90 Å². The van der Waals surface area contributed by atoms with Crippen LogP contribution >= 0.6 is 0 Å². The third-order valence-corrected chi connectivity index (χ3v) is 0. The van der Waals surface area contributed by atoms with Gasteiger partial charge in [0.2, 0.25) is 0 Å². The lowest BCUT2D eigenvalue weighted by molar-refractivity contribution is -0.836. The highest BCUT2D eigenvalue weighted by Gasteiger charge is 1.61. The van der Waals surface area contributed by atoms with Crippen molar-refractivity contribution in [3.8, 4) is 0 Å². The minimum Gasteiger partial charge on any atom is -1.00 e. The average Bonchev–Trinajstić information content (AvgIpc) is 0.811. The Morgan fingerprint density at radius 1 is 1.00 bits per heavy atom. The third kappa shape index (κ3) is 82.1. The average molecular weight is 222 g/mol. The van der Waals surface area contributed by atoms with E-state index in [1.54, 1.807) is 0 Å². The summed E-state index contributed by atoms with van der Waals surface area (Å²) >= 11 is 0. The Bertz CT molecular complexity index is 15.5. The molecular weight excluding hydrogens is 212 g/mol. The Hall–Kier alpha value is 0.980. The number of halogens is 2. The van der Waals surface area contributed by atoms with E-state index in [4.69, 9.17) is 0 Å². The SMILES string of the molecule is C[NH+](C)C.[Cl-].[I-]. The van der Waals surface area contributed by atoms with Gasteiger partial charge < -0.3 is 41.3 Å². The van der Waals surface area contributed by atoms with E-state index >= 15 is 0 Å². The monoisotopic (exact) mass is 222 g/mol. The lowest BCUT2D eigenvalue weighted by Gasteiger charge is -1.88. The summed E-state index contributed by atoms with van der Waals surface area (Å²) in [5.41, 5.74) is 0. The van der Waals surface area contributed by atoms with Crippen LogP contribution in [0.1, 0.15) is 0 Å². The fraction of sp³-hybridized carbons (Fsp3) is 1.00. The molecule has 6 heavy (non-hydrogen) atoms. The van der Waals surface area contributed by atoms with E-state index in [1.807, 2.05) is 0 Å². The van der Waals surface area contributed by atoms with Crippen molar-refractivity contribution in [2.24, 2.45) is 0 Å². The maximum atomic E-state index is 2.08. The quantitative estimate of drug-likeness (QED) is 0.389. The first-order valence-corrected chi connectivity index (χ1v) is 1.50. The zero-order chi connectivity index (χ0) is 3.58. The standard InChI is InChI=1S/C3H9N.ClH.HI/c1-4(2)3;;/h1-3H3;2*1H/p-1. The van der Waals surface area contributed by atoms with Crippen LogP contribution in [-0.2, 0) is 0 Å². The van der Waals surface area contributed by atoms with Crippen LogP contribution in [0, 0.1) is 0 Å². The molecule has 0 aromatic rings. The molecule has 0 saturated heterocycles. The first kappa shape index (κ1) is 15.8. The summed E-state index contributed by atoms with van der Waals surface area (Å²) in [5, 5.41) is 0. The maximum Gasteiger partial charge on any atom is 0.0661 e. The van der Waals surface area contributed by atoms with E-state index in [2.05, 4.69) is 21.1 Å². The van der Waals surface area contributed by atoms with Crippen LogP contribution in [0.4, 0.5) is 0 Å². The number of quaternary nitrogens is 1. The highest BCUT2D eigenvalue weighted by atomic mass is 127. The van der Waals surface area contributed by atoms with Crippen LogP contribution < -0.4 is 41.3 Å². The molecule has 0 aliphatic rings. The Morgan fingerprint density at radius 3 is 1.00 bits per heavy atom. The third-order valence-electron chi connectivity index (χ3n) is 0. The van der Waals surface area contributed by atoms with Crippen molar-refractivity contribution in [1.29, 1.82) is 0 Å². The van der Waals surface area contributed by atoms with Crippen molar-refractivity contribution in [2.75, 3.05) is 21.1 Å². The van der Waals surface area contributed by atoms with Gasteiger partial charge in [-0.1, -0.05) is 0 Å². The molecule has 0 amide bonds. The molecule has 0 bridgehead atoms. The number of hydrogen-bond acceptors (Lipinski definition) is 0. The second kappa shape index (κ2) is 9.36. The van der Waals surface area contributed by atoms with Gasteiger partial charge >= 0.3 is 0 Å². The molecule has 0 rings (SSSR count). The molecule has 0 saturated carbocycles. The molecule has 42 valence electrons. The fourth-order valence-corrected chi connectivity index (χ4v) is 0. The molecule has 3 heteroatoms. The molecule has 0 aliphatic heterocycles. The van der Waals surface area contributed by atoms with E-state index in [0.29, 0.717) is 0 Å². The van der Waals surface area contributed by atoms with Gasteiger partial charge in [-0.2, -0.15) is 0 Å². The lowest BCUT2D eigenvalue weighted by atomic mass is 11.0. The Balaban J connectivity index is -0.0000000450. The lowest BCUT2D eigenvalue weighted by Crippen LogP contribution is -3.02. The van der Waals surface area contributed by atoms with E-state index in [-0.39, 0.29) is 36.4 Å². The summed E-state index contributed by atoms with van der Waals surface area (Å²) in [5.74, 6) is 0. The second-order valence-corrected chi connectivity index (χ2v) is 1.50. The van der Waals surface area contributed by atoms with Gasteiger partial charge in [0.1, 0.15) is 0 Å². The van der Waals surface area contributed by atoms with Gasteiger partial charge in [-0.25, -0.2) is 0 Å². The number of hydrogen-bond donors (Lipinski definition) is 1. The van der Waals surface area contributed by atoms with Crippen LogP contribution in [0.25, 0.3) is 0 Å². The second-order valence-electron chi connectivity index (χ2n) is 1.50. The van der Waals surface area contributed by atoms with Crippen molar-refractivity contribution >= 4 is 0 Å². The predicted octanol–water partition coefficient (Wildman–Crippen LogP) is -7.23. The zero-order valence-corrected chi connectivity index (χ0v) is 7.17. The summed E-state index contributed by atoms with van der Waals surface area (Å²) in [7, 11) is 6.25. The Labute approximate surface area is 62.5 Å². The smallest absolute Gasteiger partial charge is 0.0661 e. The number of nitrogens with one attached hydrogen (secondary N) is 1. The topological polar surface area (TPSA) is 4.44 Å². The van der Waals surface area contributed by atoms with Crippen molar-refractivity contribution in [3.63, 3.8) is 0 Å². The summed E-state index contributed by atoms with van der Waals surface area (Å²) in [6.45, 7) is 0. The van der Waals surface area contributed by atoms with Gasteiger partial charge in [0.25, 0.3) is 0 Å². The first-order valence-electron chi connectivity index (χ1n) is 1.50. The normalized spacial score (nSPS) is 6.00. The van der Waals surface area contributed by atoms with Crippen molar-refractivity contribution < 1.29 is 41.3 Å². The van der Waals surface area contributed by atoms with E-state index in [9.17, 15) is 0 Å². The van der Waals surface area contributed by atoms with Crippen LogP contribution in [0.5, 0.6) is 0 Å². The molecule has 0 fully saturated rings. The largest absolute Gasteiger partial charge is 1.00 e. The van der Waals surface area contributed by atoms with E-state index in [0.717, 1.165) is 0 Å². The van der Waals surface area contributed by atoms with Crippen LogP contribution in [0.3, 0.4) is 0 Å². The van der Waals surface area contributed by atoms with Gasteiger partial charge in [-0.3, -0.25) is 0 Å². The summed E-state index contributed by atoms with van der Waals surface area (Å²) < 4.78 is 0. The fourth-order valence-electron chi connectivity index (χ4n) is 0. The van der Waals surface area contributed by atoms with Gasteiger partial charge in [-0.15, -0.1) is 0 Å². The zero-order valence-electron chi connectivity index (χ0n) is 4.26. The highest BCUT2D eigenvalue weighted by Crippen LogP contribution is 0.864. The van der Waals surface area contributed by atoms with Crippen molar-refractivity contribution in [1.82, 2.24) is 0 Å². The Kier molecular flexibility index (Phi) is 24.6. The van der Waals surface area contributed by atoms with Gasteiger partial charge in [0.15, 0.2) is 0 Å². The minimum absolute atomic E-state index is 0. The van der Waals surface area contributed by atoms with Crippen molar-refractivity contribution in [2.45, 2.75) is 0 Å². The van der Waals surface area contributed by atoms with Crippen LogP contribution in [0.2, 0.25) is 0 Å². The molecule has 1 N–H and O–H groups in total. The molecular formula is C3H10ClIN-. The highest BCUT2D eigenvalue weighted by molar-refractivity contribution is 3.59. The van der Waals surface area contributed by atoms with Gasteiger partial charge in [0, 0.05) is 0 Å². The summed E-state index contributed by atoms with van der Waals surface area (Å²) in [6, 6.07) is 0. The van der Waals surface area contributed by atoms with E-state index < -0.39 is 0 Å². The minimum atomic E-state index is 0. The Morgan fingerprint density at radius 2 is 1.00 bits per heavy atom. The maximum absolute atomic E-state index is 2.08. The van der Waals surface area contributed by atoms with Crippen molar-refractivity contribution in [3.05, 3.63) is 0 Å². The summed E-state index contributed by atoms with van der Waals surface area (Å²) in [4.78, 5) is 1.42. The van der Waals surface area contributed by atoms with Gasteiger partial charge in [0.05, 0.1) is 21.1 Å². The molecule has 0 aromatic heterocycles. The van der Waals surface area contributed by atoms with Crippen LogP contribution in [-0.4, -0.2) is 21.1 Å². The molecule has 0 atom stereocenters. The summed E-state index contributed by atoms with van der Waals surface area (Å²) in [6.07, 6.45) is 0. The van der Waals surface area contributed by atoms with Crippen LogP contribution in [0.15, 0.2) is 0 Å². The first-order chi connectivity index (χ1) is 1.73. The molecule has 0 radical (unpaired) electrons. The molecule has 0 aliphatic carbocycles. The number of rotatable bonds is 0. The molecule has 1 nitrogen and oxygen atoms in total. The molecule has 0 aromatic carbocycles.